The Bertz CT molecular complexity index is 1630. The maximum atomic E-state index is 14.6. The second kappa shape index (κ2) is 9.95. The van der Waals surface area contributed by atoms with Gasteiger partial charge >= 0.3 is 0 Å². The highest BCUT2D eigenvalue weighted by molar-refractivity contribution is 5.95. The Morgan fingerprint density at radius 1 is 1.23 bits per heavy atom. The quantitative estimate of drug-likeness (QED) is 0.366. The lowest BCUT2D eigenvalue weighted by Crippen LogP contribution is -2.66. The molecule has 0 radical (unpaired) electrons. The number of benzene rings is 1. The molecule has 2 aliphatic rings. The van der Waals surface area contributed by atoms with Gasteiger partial charge in [0.2, 0.25) is 5.82 Å². The predicted molar refractivity (Wildman–Crippen MR) is 137 cm³/mol. The van der Waals surface area contributed by atoms with Gasteiger partial charge in [-0.2, -0.15) is 14.8 Å². The van der Waals surface area contributed by atoms with Gasteiger partial charge in [0, 0.05) is 55.6 Å². The molecule has 2 fully saturated rings. The van der Waals surface area contributed by atoms with E-state index in [4.69, 9.17) is 0 Å². The van der Waals surface area contributed by atoms with Gasteiger partial charge < -0.3 is 14.6 Å². The lowest BCUT2D eigenvalue weighted by atomic mass is 9.83. The molecule has 2 aliphatic heterocycles. The zero-order valence-electron chi connectivity index (χ0n) is 21.6. The van der Waals surface area contributed by atoms with E-state index in [9.17, 15) is 23.2 Å². The summed E-state index contributed by atoms with van der Waals surface area (Å²) < 4.78 is 48.9. The van der Waals surface area contributed by atoms with Crippen LogP contribution in [-0.2, 0) is 5.54 Å². The number of methoxy groups -OCH3 is 1. The molecule has 206 valence electrons. The Kier molecular flexibility index (Phi) is 6.42. The van der Waals surface area contributed by atoms with Crippen LogP contribution >= 0.6 is 0 Å². The third-order valence-electron chi connectivity index (χ3n) is 7.92. The summed E-state index contributed by atoms with van der Waals surface area (Å²) in [6, 6.07) is 4.93. The average Bonchev–Trinajstić information content (AvgIpc) is 3.63. The van der Waals surface area contributed by atoms with Crippen molar-refractivity contribution in [3.05, 3.63) is 60.1 Å². The van der Waals surface area contributed by atoms with E-state index in [-0.39, 0.29) is 12.5 Å². The first-order valence-electron chi connectivity index (χ1n) is 12.8. The minimum absolute atomic E-state index is 0.150. The van der Waals surface area contributed by atoms with Crippen molar-refractivity contribution in [2.75, 3.05) is 33.3 Å². The molecule has 4 aromatic rings. The SMILES string of the molecule is COc1c(F)c(F)cc(C(=O)N2CCC(N3CC(CC#N)(n4cc(-c5ncnc6[nH]ccc56)cn4)C3)CC2)c1F. The number of nitriles is 1. The molecule has 6 rings (SSSR count). The first kappa shape index (κ1) is 25.8. The predicted octanol–water partition coefficient (Wildman–Crippen LogP) is 3.48. The summed E-state index contributed by atoms with van der Waals surface area (Å²) in [6.45, 7) is 1.88. The number of fused-ring (bicyclic) bond motifs is 1. The Hall–Kier alpha value is -4.44. The van der Waals surface area contributed by atoms with Gasteiger partial charge in [-0.3, -0.25) is 14.4 Å². The van der Waals surface area contributed by atoms with E-state index < -0.39 is 40.2 Å². The number of ether oxygens (including phenoxy) is 1. The largest absolute Gasteiger partial charge is 0.491 e. The van der Waals surface area contributed by atoms with Gasteiger partial charge in [0.05, 0.1) is 37.1 Å². The summed E-state index contributed by atoms with van der Waals surface area (Å²) in [7, 11) is 1.01. The zero-order valence-corrected chi connectivity index (χ0v) is 21.6. The fraction of sp³-hybridized carbons (Fsp3) is 0.370. The zero-order chi connectivity index (χ0) is 28.0. The minimum atomic E-state index is -1.46. The number of aromatic amines is 1. The third-order valence-corrected chi connectivity index (χ3v) is 7.92. The Morgan fingerprint density at radius 3 is 2.73 bits per heavy atom. The smallest absolute Gasteiger partial charge is 0.257 e. The Balaban J connectivity index is 1.13. The molecule has 0 atom stereocenters. The van der Waals surface area contributed by atoms with Crippen molar-refractivity contribution in [1.29, 1.82) is 5.26 Å². The molecule has 1 aromatic carbocycles. The van der Waals surface area contributed by atoms with E-state index in [1.165, 1.54) is 11.2 Å². The summed E-state index contributed by atoms with van der Waals surface area (Å²) in [5, 5.41) is 15.1. The third kappa shape index (κ3) is 4.15. The van der Waals surface area contributed by atoms with E-state index in [2.05, 4.69) is 35.8 Å². The summed E-state index contributed by atoms with van der Waals surface area (Å²) in [4.78, 5) is 28.4. The highest BCUT2D eigenvalue weighted by Gasteiger charge is 2.48. The summed E-state index contributed by atoms with van der Waals surface area (Å²) in [6.07, 6.45) is 8.47. The molecule has 13 heteroatoms. The lowest BCUT2D eigenvalue weighted by molar-refractivity contribution is -0.0412. The molecule has 3 aromatic heterocycles. The number of likely N-dealkylation sites (tertiary alicyclic amines) is 2. The van der Waals surface area contributed by atoms with Crippen molar-refractivity contribution in [2.45, 2.75) is 30.8 Å². The first-order valence-corrected chi connectivity index (χ1v) is 12.8. The molecular formula is C27H25F3N8O2. The topological polar surface area (TPSA) is 116 Å². The number of H-pyrrole nitrogens is 1. The molecule has 5 heterocycles. The van der Waals surface area contributed by atoms with Crippen molar-refractivity contribution in [1.82, 2.24) is 34.5 Å². The van der Waals surface area contributed by atoms with E-state index >= 15 is 0 Å². The molecule has 0 unspecified atom stereocenters. The first-order chi connectivity index (χ1) is 19.3. The van der Waals surface area contributed by atoms with Crippen molar-refractivity contribution in [3.8, 4) is 23.1 Å². The number of halogens is 3. The van der Waals surface area contributed by atoms with Gasteiger partial charge in [-0.1, -0.05) is 0 Å². The molecule has 0 aliphatic carbocycles. The lowest BCUT2D eigenvalue weighted by Gasteiger charge is -2.53. The van der Waals surface area contributed by atoms with Crippen LogP contribution < -0.4 is 4.74 Å². The standard InChI is InChI=1S/C27H25F3N8O2/c1-40-24-21(29)19(10-20(28)22(24)30)26(39)36-8-3-17(4-9-36)37-13-27(14-37,5-6-31)38-12-16(11-35-38)23-18-2-7-32-25(18)34-15-33-23/h2,7,10-12,15,17H,3-5,8-9,13-14H2,1H3,(H,32,33,34). The van der Waals surface area contributed by atoms with Gasteiger partial charge in [-0.05, 0) is 25.0 Å². The molecule has 1 amide bonds. The van der Waals surface area contributed by atoms with Crippen LogP contribution in [0.25, 0.3) is 22.3 Å². The molecule has 0 spiro atoms. The number of nitrogens with one attached hydrogen (secondary N) is 1. The van der Waals surface area contributed by atoms with Gasteiger partial charge in [0.15, 0.2) is 17.4 Å². The number of aromatic nitrogens is 5. The minimum Gasteiger partial charge on any atom is -0.491 e. The van der Waals surface area contributed by atoms with Gasteiger partial charge in [0.1, 0.15) is 17.5 Å². The Morgan fingerprint density at radius 2 is 2.00 bits per heavy atom. The van der Waals surface area contributed by atoms with Crippen LogP contribution in [0.4, 0.5) is 13.2 Å². The maximum absolute atomic E-state index is 14.6. The number of piperidine rings is 1. The number of nitrogens with zero attached hydrogens (tertiary/aromatic N) is 7. The highest BCUT2D eigenvalue weighted by Crippen LogP contribution is 2.37. The second-order valence-electron chi connectivity index (χ2n) is 10.2. The normalized spacial score (nSPS) is 17.5. The van der Waals surface area contributed by atoms with Crippen LogP contribution in [0.3, 0.4) is 0 Å². The van der Waals surface area contributed by atoms with Crippen molar-refractivity contribution in [2.24, 2.45) is 0 Å². The second-order valence-corrected chi connectivity index (χ2v) is 10.2. The number of hydrogen-bond acceptors (Lipinski definition) is 7. The van der Waals surface area contributed by atoms with Crippen LogP contribution in [0, 0.1) is 28.8 Å². The number of rotatable bonds is 6. The number of carbonyl (C=O) groups excluding carboxylic acids is 1. The molecule has 10 nitrogen and oxygen atoms in total. The molecule has 40 heavy (non-hydrogen) atoms. The van der Waals surface area contributed by atoms with E-state index in [0.717, 1.165) is 29.4 Å². The number of carbonyl (C=O) groups is 1. The van der Waals surface area contributed by atoms with Crippen molar-refractivity contribution in [3.63, 3.8) is 0 Å². The Labute approximate surface area is 227 Å². The van der Waals surface area contributed by atoms with Gasteiger partial charge in [0.25, 0.3) is 5.91 Å². The average molecular weight is 551 g/mol. The number of hydrogen-bond donors (Lipinski definition) is 1. The van der Waals surface area contributed by atoms with E-state index in [1.54, 1.807) is 12.4 Å². The van der Waals surface area contributed by atoms with Crippen LogP contribution in [-0.4, -0.2) is 79.8 Å². The van der Waals surface area contributed by atoms with Crippen LogP contribution in [0.1, 0.15) is 29.6 Å². The van der Waals surface area contributed by atoms with Crippen LogP contribution in [0.2, 0.25) is 0 Å². The van der Waals surface area contributed by atoms with E-state index in [1.807, 2.05) is 16.9 Å². The molecule has 0 bridgehead atoms. The highest BCUT2D eigenvalue weighted by atomic mass is 19.2. The summed E-state index contributed by atoms with van der Waals surface area (Å²) in [5.41, 5.74) is 1.27. The fourth-order valence-corrected chi connectivity index (χ4v) is 5.78. The summed E-state index contributed by atoms with van der Waals surface area (Å²) in [5.74, 6) is -5.64. The summed E-state index contributed by atoms with van der Waals surface area (Å²) >= 11 is 0. The van der Waals surface area contributed by atoms with Crippen molar-refractivity contribution < 1.29 is 22.7 Å². The monoisotopic (exact) mass is 550 g/mol. The molecule has 2 saturated heterocycles. The van der Waals surface area contributed by atoms with Crippen LogP contribution in [0.5, 0.6) is 5.75 Å². The molecule has 1 N–H and O–H groups in total. The van der Waals surface area contributed by atoms with Crippen LogP contribution in [0.15, 0.2) is 37.1 Å². The van der Waals surface area contributed by atoms with Crippen molar-refractivity contribution >= 4 is 16.9 Å². The van der Waals surface area contributed by atoms with Gasteiger partial charge in [-0.25, -0.2) is 18.7 Å². The number of amides is 1. The fourth-order valence-electron chi connectivity index (χ4n) is 5.78. The molecule has 0 saturated carbocycles. The molecular weight excluding hydrogens is 525 g/mol. The van der Waals surface area contributed by atoms with E-state index in [0.29, 0.717) is 45.1 Å². The van der Waals surface area contributed by atoms with Gasteiger partial charge in [-0.15, -0.1) is 0 Å². The maximum Gasteiger partial charge on any atom is 0.257 e.